The van der Waals surface area contributed by atoms with Gasteiger partial charge in [-0.3, -0.25) is 0 Å². The summed E-state index contributed by atoms with van der Waals surface area (Å²) >= 11 is -0.868. The standard InChI is InChI=1S/CF3.Bi.2H/c2-1(3)4;;;. The van der Waals surface area contributed by atoms with Crippen LogP contribution in [0.2, 0.25) is 0 Å². The van der Waals surface area contributed by atoms with Gasteiger partial charge < -0.3 is 0 Å². The quantitative estimate of drug-likeness (QED) is 0.554. The van der Waals surface area contributed by atoms with Gasteiger partial charge >= 0.3 is 41.8 Å². The number of hydrogen-bond acceptors (Lipinski definition) is 0. The summed E-state index contributed by atoms with van der Waals surface area (Å²) in [5.74, 6) is 0. The van der Waals surface area contributed by atoms with E-state index in [0.29, 0.717) is 0 Å². The molecule has 0 aromatic rings. The molecule has 5 heavy (non-hydrogen) atoms. The van der Waals surface area contributed by atoms with E-state index in [1.165, 1.54) is 0 Å². The number of hydrogen-bond donors (Lipinski definition) is 0. The van der Waals surface area contributed by atoms with Gasteiger partial charge in [0.05, 0.1) is 0 Å². The van der Waals surface area contributed by atoms with Crippen LogP contribution in [-0.4, -0.2) is 28.6 Å². The minimum atomic E-state index is -3.83. The summed E-state index contributed by atoms with van der Waals surface area (Å²) in [6.07, 6.45) is 0. The maximum atomic E-state index is 10.4. The molecular formula is CH2BiF3. The molecule has 0 saturated carbocycles. The van der Waals surface area contributed by atoms with E-state index in [9.17, 15) is 13.2 Å². The molecule has 0 nitrogen and oxygen atoms in total. The van der Waals surface area contributed by atoms with Crippen molar-refractivity contribution in [2.75, 3.05) is 0 Å². The van der Waals surface area contributed by atoms with Gasteiger partial charge in [0.25, 0.3) is 0 Å². The molecule has 0 fully saturated rings. The molecule has 4 heteroatoms. The first-order chi connectivity index (χ1) is 2.00. The third kappa shape index (κ3) is 73.7. The Labute approximate surface area is 42.2 Å². The Morgan fingerprint density at radius 2 is 1.20 bits per heavy atom. The number of halogens is 3. The van der Waals surface area contributed by atoms with Crippen LogP contribution in [-0.2, 0) is 0 Å². The molecule has 0 amide bonds. The molecule has 0 unspecified atom stereocenters. The van der Waals surface area contributed by atoms with Crippen molar-refractivity contribution in [3.63, 3.8) is 0 Å². The first-order valence-corrected chi connectivity index (χ1v) is 3.10. The van der Waals surface area contributed by atoms with Gasteiger partial charge in [0.15, 0.2) is 0 Å². The molecule has 0 heterocycles. The van der Waals surface area contributed by atoms with Crippen molar-refractivity contribution < 1.29 is 13.2 Å². The summed E-state index contributed by atoms with van der Waals surface area (Å²) in [6, 6.07) is 0. The summed E-state index contributed by atoms with van der Waals surface area (Å²) in [4.78, 5) is 0. The van der Waals surface area contributed by atoms with E-state index in [4.69, 9.17) is 0 Å². The van der Waals surface area contributed by atoms with Crippen LogP contribution in [0.5, 0.6) is 0 Å². The van der Waals surface area contributed by atoms with Crippen molar-refractivity contribution in [2.24, 2.45) is 0 Å². The van der Waals surface area contributed by atoms with Crippen LogP contribution in [0.25, 0.3) is 0 Å². The molecular weight excluding hydrogens is 278 g/mol. The molecule has 32 valence electrons. The van der Waals surface area contributed by atoms with E-state index < -0.39 is 28.6 Å². The second-order valence-electron chi connectivity index (χ2n) is 0.542. The Morgan fingerprint density at radius 1 is 1.20 bits per heavy atom. The monoisotopic (exact) mass is 280 g/mol. The predicted molar refractivity (Wildman–Crippen MR) is 14.6 cm³/mol. The third-order valence-electron chi connectivity index (χ3n) is 0. The fraction of sp³-hybridized carbons (Fsp3) is 1.00. The van der Waals surface area contributed by atoms with Crippen LogP contribution >= 0.6 is 0 Å². The average molecular weight is 280 g/mol. The Hall–Kier alpha value is 0.673. The zero-order chi connectivity index (χ0) is 4.50. The average Bonchev–Trinajstić information content (AvgIpc) is 0.722. The van der Waals surface area contributed by atoms with Crippen molar-refractivity contribution in [1.29, 1.82) is 0 Å². The number of alkyl halides is 3. The first kappa shape index (κ1) is 5.67. The van der Waals surface area contributed by atoms with E-state index in [1.54, 1.807) is 0 Å². The van der Waals surface area contributed by atoms with Crippen molar-refractivity contribution in [2.45, 2.75) is 3.88 Å². The van der Waals surface area contributed by atoms with Gasteiger partial charge in [-0.1, -0.05) is 0 Å². The summed E-state index contributed by atoms with van der Waals surface area (Å²) in [5, 5.41) is 0. The Balaban J connectivity index is 3.02. The Bertz CT molecular complexity index is 22.4. The molecule has 0 rings (SSSR count). The second kappa shape index (κ2) is 1.42. The molecule has 0 aromatic heterocycles. The molecule has 0 aliphatic heterocycles. The topological polar surface area (TPSA) is 0 Å². The zero-order valence-corrected chi connectivity index (χ0v) is 6.70. The van der Waals surface area contributed by atoms with Gasteiger partial charge in [0.1, 0.15) is 0 Å². The van der Waals surface area contributed by atoms with E-state index in [1.807, 2.05) is 0 Å². The van der Waals surface area contributed by atoms with Crippen LogP contribution in [0.4, 0.5) is 13.2 Å². The minimum absolute atomic E-state index is 0.868. The van der Waals surface area contributed by atoms with Gasteiger partial charge in [0.2, 0.25) is 0 Å². The zero-order valence-electron chi connectivity index (χ0n) is 2.21. The first-order valence-electron chi connectivity index (χ1n) is 0.856. The molecule has 0 aliphatic carbocycles. The van der Waals surface area contributed by atoms with Gasteiger partial charge in [0, 0.05) is 0 Å². The van der Waals surface area contributed by atoms with Crippen LogP contribution in [0.1, 0.15) is 0 Å². The van der Waals surface area contributed by atoms with Crippen LogP contribution in [0, 0.1) is 0 Å². The van der Waals surface area contributed by atoms with Crippen molar-refractivity contribution in [3.8, 4) is 0 Å². The second-order valence-corrected chi connectivity index (χ2v) is 3.09. The van der Waals surface area contributed by atoms with E-state index >= 15 is 0 Å². The molecule has 0 aliphatic rings. The van der Waals surface area contributed by atoms with Crippen LogP contribution in [0.15, 0.2) is 0 Å². The van der Waals surface area contributed by atoms with Gasteiger partial charge in [-0.05, 0) is 0 Å². The summed E-state index contributed by atoms with van der Waals surface area (Å²) in [5.41, 5.74) is 0. The molecule has 0 saturated heterocycles. The van der Waals surface area contributed by atoms with E-state index in [-0.39, 0.29) is 0 Å². The normalized spacial score (nSPS) is 12.0. The molecule has 0 radical (unpaired) electrons. The molecule has 0 bridgehead atoms. The Morgan fingerprint density at radius 3 is 1.20 bits per heavy atom. The van der Waals surface area contributed by atoms with E-state index in [0.717, 1.165) is 0 Å². The van der Waals surface area contributed by atoms with Crippen molar-refractivity contribution in [3.05, 3.63) is 0 Å². The Kier molecular flexibility index (Phi) is 1.61. The fourth-order valence-corrected chi connectivity index (χ4v) is 0. The van der Waals surface area contributed by atoms with Crippen LogP contribution < -0.4 is 0 Å². The third-order valence-corrected chi connectivity index (χ3v) is 0. The van der Waals surface area contributed by atoms with E-state index in [2.05, 4.69) is 0 Å². The van der Waals surface area contributed by atoms with Crippen LogP contribution in [0.3, 0.4) is 0 Å². The molecule has 0 aromatic carbocycles. The predicted octanol–water partition coefficient (Wildman–Crippen LogP) is 0.139. The van der Waals surface area contributed by atoms with Gasteiger partial charge in [-0.25, -0.2) is 0 Å². The molecule has 0 N–H and O–H groups in total. The molecule has 0 spiro atoms. The SMILES string of the molecule is F[C](F)(F)[BiH2]. The van der Waals surface area contributed by atoms with Gasteiger partial charge in [-0.15, -0.1) is 0 Å². The summed E-state index contributed by atoms with van der Waals surface area (Å²) in [7, 11) is 0. The summed E-state index contributed by atoms with van der Waals surface area (Å²) < 4.78 is 27.5. The summed E-state index contributed by atoms with van der Waals surface area (Å²) in [6.45, 7) is 0. The van der Waals surface area contributed by atoms with Crippen molar-refractivity contribution >= 4 is 24.7 Å². The fourth-order valence-electron chi connectivity index (χ4n) is 0. The molecule has 0 atom stereocenters. The van der Waals surface area contributed by atoms with Gasteiger partial charge in [-0.2, -0.15) is 0 Å². The number of rotatable bonds is 0. The van der Waals surface area contributed by atoms with Crippen molar-refractivity contribution in [1.82, 2.24) is 0 Å². The maximum absolute atomic E-state index is 10.4.